The Morgan fingerprint density at radius 3 is 2.50 bits per heavy atom. The van der Waals surface area contributed by atoms with E-state index in [0.717, 1.165) is 15.7 Å². The lowest BCUT2D eigenvalue weighted by Crippen LogP contribution is -2.00. The van der Waals surface area contributed by atoms with E-state index in [9.17, 15) is 0 Å². The third kappa shape index (κ3) is 1.43. The number of hydrogen-bond acceptors (Lipinski definition) is 3. The third-order valence-corrected chi connectivity index (χ3v) is 2.16. The van der Waals surface area contributed by atoms with Crippen molar-refractivity contribution in [1.29, 1.82) is 0 Å². The van der Waals surface area contributed by atoms with Crippen LogP contribution in [0.15, 0.2) is 44.2 Å². The van der Waals surface area contributed by atoms with Crippen LogP contribution in [-0.4, -0.2) is 12.3 Å². The Balaban J connectivity index is 2.30. The van der Waals surface area contributed by atoms with Crippen LogP contribution in [0.2, 0.25) is 0 Å². The standard InChI is InChI=1S/C8H6BrN3/c9-7-3-1-6(2-4-7)8-5-10-12-11-8/h1-4H,5H2. The molecule has 0 aromatic heterocycles. The fourth-order valence-electron chi connectivity index (χ4n) is 1.01. The highest BCUT2D eigenvalue weighted by Gasteiger charge is 2.06. The van der Waals surface area contributed by atoms with Gasteiger partial charge in [-0.25, -0.2) is 0 Å². The van der Waals surface area contributed by atoms with Crippen molar-refractivity contribution in [1.82, 2.24) is 0 Å². The number of hydrogen-bond donors (Lipinski definition) is 0. The van der Waals surface area contributed by atoms with Crippen LogP contribution in [-0.2, 0) is 0 Å². The minimum absolute atomic E-state index is 0.599. The Kier molecular flexibility index (Phi) is 1.99. The van der Waals surface area contributed by atoms with E-state index in [1.165, 1.54) is 0 Å². The fraction of sp³-hybridized carbons (Fsp3) is 0.125. The lowest BCUT2D eigenvalue weighted by Gasteiger charge is -1.96. The van der Waals surface area contributed by atoms with Gasteiger partial charge in [-0.2, -0.15) is 5.11 Å². The molecule has 0 saturated heterocycles. The van der Waals surface area contributed by atoms with E-state index >= 15 is 0 Å². The second-order valence-corrected chi connectivity index (χ2v) is 3.36. The first-order valence-corrected chi connectivity index (χ1v) is 4.35. The normalized spacial score (nSPS) is 14.9. The molecule has 0 unspecified atom stereocenters. The molecule has 0 radical (unpaired) electrons. The smallest absolute Gasteiger partial charge is 0.107 e. The fourth-order valence-corrected chi connectivity index (χ4v) is 1.27. The van der Waals surface area contributed by atoms with Gasteiger partial charge in [0, 0.05) is 4.47 Å². The van der Waals surface area contributed by atoms with E-state index in [0.29, 0.717) is 6.54 Å². The maximum Gasteiger partial charge on any atom is 0.107 e. The molecule has 0 saturated carbocycles. The zero-order valence-electron chi connectivity index (χ0n) is 6.24. The SMILES string of the molecule is Brc1ccc(C2=NN=NC2)cc1. The summed E-state index contributed by atoms with van der Waals surface area (Å²) < 4.78 is 1.07. The summed E-state index contributed by atoms with van der Waals surface area (Å²) in [6.07, 6.45) is 0. The van der Waals surface area contributed by atoms with Crippen molar-refractivity contribution in [2.24, 2.45) is 15.4 Å². The van der Waals surface area contributed by atoms with Gasteiger partial charge in [0.25, 0.3) is 0 Å². The van der Waals surface area contributed by atoms with E-state index in [2.05, 4.69) is 31.4 Å². The predicted octanol–water partition coefficient (Wildman–Crippen LogP) is 2.62. The monoisotopic (exact) mass is 223 g/mol. The summed E-state index contributed by atoms with van der Waals surface area (Å²) in [4.78, 5) is 0. The van der Waals surface area contributed by atoms with E-state index in [-0.39, 0.29) is 0 Å². The average molecular weight is 224 g/mol. The van der Waals surface area contributed by atoms with Gasteiger partial charge in [0.1, 0.15) is 6.54 Å². The van der Waals surface area contributed by atoms with Gasteiger partial charge in [0.15, 0.2) is 0 Å². The average Bonchev–Trinajstić information content (AvgIpc) is 2.58. The van der Waals surface area contributed by atoms with E-state index in [1.807, 2.05) is 24.3 Å². The molecule has 12 heavy (non-hydrogen) atoms. The molecule has 1 heterocycles. The molecule has 0 atom stereocenters. The van der Waals surface area contributed by atoms with Gasteiger partial charge >= 0.3 is 0 Å². The molecule has 60 valence electrons. The molecule has 2 rings (SSSR count). The molecule has 0 fully saturated rings. The Morgan fingerprint density at radius 2 is 1.92 bits per heavy atom. The Morgan fingerprint density at radius 1 is 1.17 bits per heavy atom. The molecule has 1 aliphatic heterocycles. The molecular formula is C8H6BrN3. The van der Waals surface area contributed by atoms with Gasteiger partial charge in [-0.05, 0) is 22.9 Å². The van der Waals surface area contributed by atoms with Crippen molar-refractivity contribution in [2.45, 2.75) is 0 Å². The van der Waals surface area contributed by atoms with Crippen LogP contribution in [0.4, 0.5) is 0 Å². The summed E-state index contributed by atoms with van der Waals surface area (Å²) in [5.74, 6) is 0. The van der Waals surface area contributed by atoms with Crippen LogP contribution in [0.3, 0.4) is 0 Å². The summed E-state index contributed by atoms with van der Waals surface area (Å²) >= 11 is 3.37. The summed E-state index contributed by atoms with van der Waals surface area (Å²) in [6.45, 7) is 0.599. The molecule has 0 spiro atoms. The van der Waals surface area contributed by atoms with Crippen LogP contribution in [0, 0.1) is 0 Å². The number of benzene rings is 1. The minimum Gasteiger partial charge on any atom is -0.162 e. The van der Waals surface area contributed by atoms with Crippen LogP contribution in [0.5, 0.6) is 0 Å². The van der Waals surface area contributed by atoms with Gasteiger partial charge < -0.3 is 0 Å². The first-order valence-electron chi connectivity index (χ1n) is 3.55. The van der Waals surface area contributed by atoms with Crippen molar-refractivity contribution < 1.29 is 0 Å². The van der Waals surface area contributed by atoms with Gasteiger partial charge in [-0.15, -0.1) is 5.10 Å². The molecular weight excluding hydrogens is 218 g/mol. The predicted molar refractivity (Wildman–Crippen MR) is 50.4 cm³/mol. The molecule has 1 aliphatic rings. The molecule has 0 aliphatic carbocycles. The minimum atomic E-state index is 0.599. The maximum absolute atomic E-state index is 3.90. The number of halogens is 1. The summed E-state index contributed by atoms with van der Waals surface area (Å²) in [6, 6.07) is 7.96. The van der Waals surface area contributed by atoms with Crippen molar-refractivity contribution in [2.75, 3.05) is 6.54 Å². The first kappa shape index (κ1) is 7.61. The van der Waals surface area contributed by atoms with Crippen molar-refractivity contribution in [3.8, 4) is 0 Å². The lowest BCUT2D eigenvalue weighted by atomic mass is 10.1. The highest BCUT2D eigenvalue weighted by atomic mass is 79.9. The van der Waals surface area contributed by atoms with Crippen molar-refractivity contribution in [3.05, 3.63) is 34.3 Å². The van der Waals surface area contributed by atoms with Crippen LogP contribution >= 0.6 is 15.9 Å². The van der Waals surface area contributed by atoms with Crippen LogP contribution < -0.4 is 0 Å². The Bertz CT molecular complexity index is 340. The first-order chi connectivity index (χ1) is 5.86. The van der Waals surface area contributed by atoms with E-state index < -0.39 is 0 Å². The van der Waals surface area contributed by atoms with E-state index in [1.54, 1.807) is 0 Å². The number of nitrogens with zero attached hydrogens (tertiary/aromatic N) is 3. The quantitative estimate of drug-likeness (QED) is 0.703. The van der Waals surface area contributed by atoms with Crippen LogP contribution in [0.1, 0.15) is 5.56 Å². The molecule has 1 aromatic rings. The van der Waals surface area contributed by atoms with Crippen molar-refractivity contribution in [3.63, 3.8) is 0 Å². The topological polar surface area (TPSA) is 37.1 Å². The van der Waals surface area contributed by atoms with Crippen molar-refractivity contribution >= 4 is 21.6 Å². The molecule has 3 nitrogen and oxygen atoms in total. The zero-order valence-corrected chi connectivity index (χ0v) is 7.82. The molecule has 0 amide bonds. The Labute approximate surface area is 78.3 Å². The molecule has 4 heteroatoms. The summed E-state index contributed by atoms with van der Waals surface area (Å²) in [5, 5.41) is 11.2. The number of rotatable bonds is 1. The zero-order chi connectivity index (χ0) is 8.39. The second kappa shape index (κ2) is 3.15. The third-order valence-electron chi connectivity index (χ3n) is 1.63. The summed E-state index contributed by atoms with van der Waals surface area (Å²) in [7, 11) is 0. The Hall–Kier alpha value is -1.03. The largest absolute Gasteiger partial charge is 0.162 e. The van der Waals surface area contributed by atoms with Gasteiger partial charge in [-0.3, -0.25) is 0 Å². The highest BCUT2D eigenvalue weighted by Crippen LogP contribution is 2.13. The highest BCUT2D eigenvalue weighted by molar-refractivity contribution is 9.10. The molecule has 1 aromatic carbocycles. The lowest BCUT2D eigenvalue weighted by molar-refractivity contribution is 1.06. The van der Waals surface area contributed by atoms with E-state index in [4.69, 9.17) is 0 Å². The van der Waals surface area contributed by atoms with Crippen LogP contribution in [0.25, 0.3) is 0 Å². The molecule has 0 N–H and O–H groups in total. The maximum atomic E-state index is 3.90. The summed E-state index contributed by atoms with van der Waals surface area (Å²) in [5.41, 5.74) is 2.02. The van der Waals surface area contributed by atoms with Gasteiger partial charge in [0.2, 0.25) is 0 Å². The van der Waals surface area contributed by atoms with Gasteiger partial charge in [0.05, 0.1) is 5.71 Å². The molecule has 0 bridgehead atoms. The second-order valence-electron chi connectivity index (χ2n) is 2.44. The van der Waals surface area contributed by atoms with Gasteiger partial charge in [-0.1, -0.05) is 28.1 Å².